The van der Waals surface area contributed by atoms with E-state index in [1.807, 2.05) is 37.4 Å². The van der Waals surface area contributed by atoms with Gasteiger partial charge in [0.15, 0.2) is 11.6 Å². The molecule has 3 rings (SSSR count). The summed E-state index contributed by atoms with van der Waals surface area (Å²) in [5.41, 5.74) is 1.89. The van der Waals surface area contributed by atoms with Crippen molar-refractivity contribution in [2.45, 2.75) is 20.8 Å². The second-order valence-corrected chi connectivity index (χ2v) is 5.88. The van der Waals surface area contributed by atoms with Gasteiger partial charge in [-0.3, -0.25) is 4.79 Å². The average Bonchev–Trinajstić information content (AvgIpc) is 3.07. The molecule has 22 heavy (non-hydrogen) atoms. The molecule has 0 unspecified atom stereocenters. The summed E-state index contributed by atoms with van der Waals surface area (Å²) in [6.07, 6.45) is 0. The van der Waals surface area contributed by atoms with Crippen molar-refractivity contribution in [2.75, 3.05) is 5.32 Å². The Morgan fingerprint density at radius 1 is 1.27 bits per heavy atom. The highest BCUT2D eigenvalue weighted by Crippen LogP contribution is 2.24. The molecule has 112 valence electrons. The molecule has 0 atom stereocenters. The predicted molar refractivity (Wildman–Crippen MR) is 86.2 cm³/mol. The van der Waals surface area contributed by atoms with Crippen molar-refractivity contribution in [3.63, 3.8) is 0 Å². The average molecular weight is 313 g/mol. The van der Waals surface area contributed by atoms with Gasteiger partial charge in [-0.1, -0.05) is 6.07 Å². The zero-order valence-electron chi connectivity index (χ0n) is 12.5. The van der Waals surface area contributed by atoms with Gasteiger partial charge in [0.2, 0.25) is 5.91 Å². The third kappa shape index (κ3) is 2.89. The fourth-order valence-corrected chi connectivity index (χ4v) is 2.82. The number of aromatic nitrogens is 4. The topological polar surface area (TPSA) is 72.7 Å². The molecule has 7 heteroatoms. The zero-order chi connectivity index (χ0) is 15.7. The molecule has 3 heterocycles. The van der Waals surface area contributed by atoms with Crippen molar-refractivity contribution in [3.05, 3.63) is 41.0 Å². The van der Waals surface area contributed by atoms with Crippen LogP contribution in [0.15, 0.2) is 29.6 Å². The number of amides is 1. The molecule has 0 spiro atoms. The van der Waals surface area contributed by atoms with E-state index < -0.39 is 0 Å². The number of hydrogen-bond donors (Lipinski definition) is 1. The Morgan fingerprint density at radius 3 is 2.68 bits per heavy atom. The maximum atomic E-state index is 11.3. The first-order valence-electron chi connectivity index (χ1n) is 6.77. The van der Waals surface area contributed by atoms with Crippen molar-refractivity contribution in [3.8, 4) is 16.5 Å². The van der Waals surface area contributed by atoms with Crippen LogP contribution in [0.2, 0.25) is 0 Å². The summed E-state index contributed by atoms with van der Waals surface area (Å²) < 4.78 is 1.75. The van der Waals surface area contributed by atoms with E-state index in [9.17, 15) is 4.79 Å². The van der Waals surface area contributed by atoms with Crippen molar-refractivity contribution in [1.29, 1.82) is 0 Å². The third-order valence-electron chi connectivity index (χ3n) is 2.98. The Kier molecular flexibility index (Phi) is 3.72. The summed E-state index contributed by atoms with van der Waals surface area (Å²) in [7, 11) is 0. The molecule has 0 aliphatic heterocycles. The van der Waals surface area contributed by atoms with Crippen LogP contribution in [0.5, 0.6) is 0 Å². The quantitative estimate of drug-likeness (QED) is 0.807. The molecule has 0 saturated heterocycles. The van der Waals surface area contributed by atoms with E-state index in [1.54, 1.807) is 22.1 Å². The fourth-order valence-electron chi connectivity index (χ4n) is 2.16. The molecule has 0 aromatic carbocycles. The number of thiophene rings is 1. The first-order chi connectivity index (χ1) is 10.5. The monoisotopic (exact) mass is 313 g/mol. The zero-order valence-corrected chi connectivity index (χ0v) is 13.3. The van der Waals surface area contributed by atoms with Gasteiger partial charge in [-0.15, -0.1) is 11.3 Å². The van der Waals surface area contributed by atoms with Crippen LogP contribution in [-0.2, 0) is 4.79 Å². The summed E-state index contributed by atoms with van der Waals surface area (Å²) in [5.74, 6) is 1.50. The molecular formula is C15H15N5OS. The number of carbonyl (C=O) groups is 1. The van der Waals surface area contributed by atoms with Gasteiger partial charge in [0, 0.05) is 18.7 Å². The highest BCUT2D eigenvalue weighted by molar-refractivity contribution is 7.13. The van der Waals surface area contributed by atoms with E-state index in [0.29, 0.717) is 17.5 Å². The number of hydrogen-bond acceptors (Lipinski definition) is 5. The summed E-state index contributed by atoms with van der Waals surface area (Å²) >= 11 is 1.55. The van der Waals surface area contributed by atoms with Gasteiger partial charge in [-0.25, -0.2) is 14.6 Å². The third-order valence-corrected chi connectivity index (χ3v) is 3.85. The normalized spacial score (nSPS) is 10.7. The van der Waals surface area contributed by atoms with E-state index in [0.717, 1.165) is 16.3 Å². The van der Waals surface area contributed by atoms with Crippen LogP contribution >= 0.6 is 11.3 Å². The Balaban J connectivity index is 2.14. The smallest absolute Gasteiger partial charge is 0.222 e. The van der Waals surface area contributed by atoms with Crippen LogP contribution in [0.4, 0.5) is 5.82 Å². The van der Waals surface area contributed by atoms with E-state index in [4.69, 9.17) is 0 Å². The molecule has 0 aliphatic rings. The van der Waals surface area contributed by atoms with Crippen LogP contribution in [0, 0.1) is 13.8 Å². The second kappa shape index (κ2) is 5.69. The van der Waals surface area contributed by atoms with Gasteiger partial charge >= 0.3 is 0 Å². The maximum Gasteiger partial charge on any atom is 0.222 e. The predicted octanol–water partition coefficient (Wildman–Crippen LogP) is 2.97. The lowest BCUT2D eigenvalue weighted by atomic mass is 10.4. The molecule has 0 aliphatic carbocycles. The van der Waals surface area contributed by atoms with Crippen molar-refractivity contribution in [1.82, 2.24) is 19.7 Å². The summed E-state index contributed by atoms with van der Waals surface area (Å²) in [4.78, 5) is 21.3. The summed E-state index contributed by atoms with van der Waals surface area (Å²) in [5, 5.41) is 9.12. The van der Waals surface area contributed by atoms with Crippen LogP contribution in [0.3, 0.4) is 0 Å². The lowest BCUT2D eigenvalue weighted by molar-refractivity contribution is -0.114. The molecule has 6 nitrogen and oxygen atoms in total. The standard InChI is InChI=1S/C15H15N5OS/c1-9-7-10(2)20(19-9)14-8-13(16-11(3)21)17-15(18-14)12-5-4-6-22-12/h4-8H,1-3H3,(H,16,17,18,21). The Bertz CT molecular complexity index is 823. The molecule has 0 saturated carbocycles. The highest BCUT2D eigenvalue weighted by Gasteiger charge is 2.12. The van der Waals surface area contributed by atoms with E-state index in [2.05, 4.69) is 20.4 Å². The Labute approximate surface area is 131 Å². The SMILES string of the molecule is CC(=O)Nc1cc(-n2nc(C)cc2C)nc(-c2cccs2)n1. The summed E-state index contributed by atoms with van der Waals surface area (Å²) in [6.45, 7) is 5.35. The number of carbonyl (C=O) groups excluding carboxylic acids is 1. The molecule has 1 N–H and O–H groups in total. The number of nitrogens with zero attached hydrogens (tertiary/aromatic N) is 4. The van der Waals surface area contributed by atoms with Gasteiger partial charge in [0.25, 0.3) is 0 Å². The molecule has 3 aromatic rings. The van der Waals surface area contributed by atoms with E-state index >= 15 is 0 Å². The van der Waals surface area contributed by atoms with Gasteiger partial charge in [0.1, 0.15) is 5.82 Å². The maximum absolute atomic E-state index is 11.3. The first kappa shape index (κ1) is 14.4. The van der Waals surface area contributed by atoms with Gasteiger partial charge in [-0.2, -0.15) is 5.10 Å². The van der Waals surface area contributed by atoms with E-state index in [-0.39, 0.29) is 5.91 Å². The number of rotatable bonds is 3. The minimum atomic E-state index is -0.171. The Hall–Kier alpha value is -2.54. The molecule has 1 amide bonds. The minimum absolute atomic E-state index is 0.171. The molecule has 0 fully saturated rings. The molecule has 0 bridgehead atoms. The van der Waals surface area contributed by atoms with Crippen LogP contribution in [-0.4, -0.2) is 25.7 Å². The van der Waals surface area contributed by atoms with Crippen molar-refractivity contribution < 1.29 is 4.79 Å². The minimum Gasteiger partial charge on any atom is -0.311 e. The number of nitrogens with one attached hydrogen (secondary N) is 1. The summed E-state index contributed by atoms with van der Waals surface area (Å²) in [6, 6.07) is 7.59. The molecule has 3 aromatic heterocycles. The highest BCUT2D eigenvalue weighted by atomic mass is 32.1. The van der Waals surface area contributed by atoms with E-state index in [1.165, 1.54) is 6.92 Å². The molecular weight excluding hydrogens is 298 g/mol. The van der Waals surface area contributed by atoms with Gasteiger partial charge in [0.05, 0.1) is 10.6 Å². The van der Waals surface area contributed by atoms with Gasteiger partial charge < -0.3 is 5.32 Å². The lowest BCUT2D eigenvalue weighted by Gasteiger charge is -2.09. The largest absolute Gasteiger partial charge is 0.311 e. The number of aryl methyl sites for hydroxylation is 2. The van der Waals surface area contributed by atoms with Crippen molar-refractivity contribution in [2.24, 2.45) is 0 Å². The van der Waals surface area contributed by atoms with Gasteiger partial charge in [-0.05, 0) is 31.4 Å². The second-order valence-electron chi connectivity index (χ2n) is 4.93. The Morgan fingerprint density at radius 2 is 2.09 bits per heavy atom. The van der Waals surface area contributed by atoms with Crippen LogP contribution < -0.4 is 5.32 Å². The van der Waals surface area contributed by atoms with Crippen molar-refractivity contribution >= 4 is 23.1 Å². The number of anilines is 1. The molecule has 0 radical (unpaired) electrons. The lowest BCUT2D eigenvalue weighted by Crippen LogP contribution is -2.11. The van der Waals surface area contributed by atoms with Crippen LogP contribution in [0.1, 0.15) is 18.3 Å². The first-order valence-corrected chi connectivity index (χ1v) is 7.65. The van der Waals surface area contributed by atoms with Crippen LogP contribution in [0.25, 0.3) is 16.5 Å². The fraction of sp³-hybridized carbons (Fsp3) is 0.200.